The predicted molar refractivity (Wildman–Crippen MR) is 79.8 cm³/mol. The summed E-state index contributed by atoms with van der Waals surface area (Å²) in [6.07, 6.45) is 0. The fraction of sp³-hybridized carbons (Fsp3) is 0. The lowest BCUT2D eigenvalue weighted by molar-refractivity contribution is -0.385. The maximum Gasteiger partial charge on any atom is 0.271 e. The van der Waals surface area contributed by atoms with Crippen LogP contribution in [0.5, 0.6) is 5.75 Å². The third kappa shape index (κ3) is 3.41. The molecule has 0 aliphatic rings. The van der Waals surface area contributed by atoms with E-state index in [0.717, 1.165) is 24.3 Å². The molecule has 2 aromatic carbocycles. The summed E-state index contributed by atoms with van der Waals surface area (Å²) in [5.74, 6) is -0.700. The van der Waals surface area contributed by atoms with Gasteiger partial charge < -0.3 is 5.11 Å². The van der Waals surface area contributed by atoms with E-state index in [9.17, 15) is 23.6 Å². The van der Waals surface area contributed by atoms with Crippen LogP contribution in [0.4, 0.5) is 11.4 Å². The summed E-state index contributed by atoms with van der Waals surface area (Å²) < 4.78 is 26.4. The topological polar surface area (TPSA) is 112 Å². The van der Waals surface area contributed by atoms with Crippen molar-refractivity contribution in [1.29, 1.82) is 0 Å². The van der Waals surface area contributed by atoms with E-state index in [4.69, 9.17) is 23.2 Å². The van der Waals surface area contributed by atoms with Crippen molar-refractivity contribution in [3.8, 4) is 5.75 Å². The van der Waals surface area contributed by atoms with Gasteiger partial charge in [0, 0.05) is 17.8 Å². The molecular formula is C12H7Cl2N2O5S-. The molecule has 0 aliphatic heterocycles. The number of non-ortho nitro benzene ring substituents is 1. The third-order valence-corrected chi connectivity index (χ3v) is 4.72. The Hall–Kier alpha value is -2.03. The molecule has 0 unspecified atom stereocenters. The summed E-state index contributed by atoms with van der Waals surface area (Å²) in [6.45, 7) is 0. The molecule has 7 nitrogen and oxygen atoms in total. The number of hydrogen-bond acceptors (Lipinski definition) is 5. The zero-order valence-corrected chi connectivity index (χ0v) is 12.9. The van der Waals surface area contributed by atoms with Gasteiger partial charge in [-0.05, 0) is 18.2 Å². The van der Waals surface area contributed by atoms with Gasteiger partial charge in [-0.3, -0.25) is 14.8 Å². The van der Waals surface area contributed by atoms with Crippen LogP contribution in [0, 0.1) is 10.1 Å². The molecule has 0 bridgehead atoms. The smallest absolute Gasteiger partial charge is 0.271 e. The van der Waals surface area contributed by atoms with Crippen molar-refractivity contribution in [2.75, 3.05) is 4.72 Å². The van der Waals surface area contributed by atoms with E-state index in [1.807, 2.05) is 4.72 Å². The molecule has 10 heteroatoms. The molecule has 2 rings (SSSR count). The lowest BCUT2D eigenvalue weighted by atomic mass is 10.2. The second-order valence-electron chi connectivity index (χ2n) is 4.12. The number of anilines is 1. The van der Waals surface area contributed by atoms with Crippen LogP contribution in [0.25, 0.3) is 0 Å². The molecule has 2 aromatic rings. The summed E-state index contributed by atoms with van der Waals surface area (Å²) in [5.41, 5.74) is -0.841. The minimum absolute atomic E-state index is 0.0194. The first-order chi connectivity index (χ1) is 10.2. The van der Waals surface area contributed by atoms with Gasteiger partial charge in [-0.1, -0.05) is 35.0 Å². The van der Waals surface area contributed by atoms with Gasteiger partial charge in [0.1, 0.15) is 0 Å². The largest absolute Gasteiger partial charge is 0.871 e. The summed E-state index contributed by atoms with van der Waals surface area (Å²) in [4.78, 5) is 9.71. The van der Waals surface area contributed by atoms with Crippen molar-refractivity contribution < 1.29 is 18.4 Å². The van der Waals surface area contributed by atoms with E-state index in [1.165, 1.54) is 12.1 Å². The van der Waals surface area contributed by atoms with Gasteiger partial charge in [0.05, 0.1) is 19.9 Å². The second-order valence-corrected chi connectivity index (χ2v) is 6.62. The fourth-order valence-corrected chi connectivity index (χ4v) is 3.01. The van der Waals surface area contributed by atoms with Crippen LogP contribution in [-0.4, -0.2) is 13.3 Å². The van der Waals surface area contributed by atoms with E-state index in [-0.39, 0.29) is 14.9 Å². The highest BCUT2D eigenvalue weighted by molar-refractivity contribution is 7.92. The van der Waals surface area contributed by atoms with Gasteiger partial charge in [0.15, 0.2) is 0 Å². The minimum Gasteiger partial charge on any atom is -0.871 e. The molecular weight excluding hydrogens is 355 g/mol. The Morgan fingerprint density at radius 1 is 1.05 bits per heavy atom. The van der Waals surface area contributed by atoms with Crippen molar-refractivity contribution in [1.82, 2.24) is 0 Å². The SMILES string of the molecule is O=[N+]([O-])c1ccc([O-])c(NS(=O)(=O)c2ccc(Cl)c(Cl)c2)c1. The molecule has 0 atom stereocenters. The first-order valence-corrected chi connectivity index (χ1v) is 7.88. The normalized spacial score (nSPS) is 11.2. The summed E-state index contributed by atoms with van der Waals surface area (Å²) >= 11 is 11.4. The molecule has 1 N–H and O–H groups in total. The predicted octanol–water partition coefficient (Wildman–Crippen LogP) is 2.78. The van der Waals surface area contributed by atoms with Crippen molar-refractivity contribution in [2.45, 2.75) is 4.90 Å². The van der Waals surface area contributed by atoms with Crippen LogP contribution in [0.1, 0.15) is 0 Å². The maximum absolute atomic E-state index is 12.2. The molecule has 0 saturated carbocycles. The van der Waals surface area contributed by atoms with E-state index in [1.54, 1.807) is 0 Å². The summed E-state index contributed by atoms with van der Waals surface area (Å²) in [5, 5.41) is 22.5. The van der Waals surface area contributed by atoms with E-state index in [0.29, 0.717) is 0 Å². The number of nitro groups is 1. The van der Waals surface area contributed by atoms with Crippen LogP contribution >= 0.6 is 23.2 Å². The van der Waals surface area contributed by atoms with Gasteiger partial charge >= 0.3 is 0 Å². The number of hydrogen-bond donors (Lipinski definition) is 1. The van der Waals surface area contributed by atoms with Gasteiger partial charge in [0.2, 0.25) is 0 Å². The van der Waals surface area contributed by atoms with Crippen LogP contribution in [-0.2, 0) is 10.0 Å². The summed E-state index contributed by atoms with van der Waals surface area (Å²) in [7, 11) is -4.13. The number of benzene rings is 2. The fourth-order valence-electron chi connectivity index (χ4n) is 1.56. The number of nitrogens with one attached hydrogen (secondary N) is 1. The Balaban J connectivity index is 2.42. The Kier molecular flexibility index (Phi) is 4.45. The molecule has 0 amide bonds. The zero-order valence-electron chi connectivity index (χ0n) is 10.6. The highest BCUT2D eigenvalue weighted by Gasteiger charge is 2.17. The first kappa shape index (κ1) is 16.3. The van der Waals surface area contributed by atoms with Gasteiger partial charge in [-0.15, -0.1) is 0 Å². The van der Waals surface area contributed by atoms with E-state index in [2.05, 4.69) is 0 Å². The molecule has 22 heavy (non-hydrogen) atoms. The highest BCUT2D eigenvalue weighted by Crippen LogP contribution is 2.30. The van der Waals surface area contributed by atoms with E-state index >= 15 is 0 Å². The average molecular weight is 362 g/mol. The minimum atomic E-state index is -4.13. The Labute approximate surface area is 135 Å². The monoisotopic (exact) mass is 361 g/mol. The highest BCUT2D eigenvalue weighted by atomic mass is 35.5. The molecule has 0 saturated heterocycles. The molecule has 0 aromatic heterocycles. The Bertz CT molecular complexity index is 855. The van der Waals surface area contributed by atoms with Gasteiger partial charge in [-0.2, -0.15) is 0 Å². The number of rotatable bonds is 4. The zero-order chi connectivity index (χ0) is 16.5. The maximum atomic E-state index is 12.2. The summed E-state index contributed by atoms with van der Waals surface area (Å²) in [6, 6.07) is 6.32. The molecule has 116 valence electrons. The van der Waals surface area contributed by atoms with Crippen molar-refractivity contribution in [2.24, 2.45) is 0 Å². The Morgan fingerprint density at radius 2 is 1.73 bits per heavy atom. The average Bonchev–Trinajstić information content (AvgIpc) is 2.43. The third-order valence-electron chi connectivity index (χ3n) is 2.62. The van der Waals surface area contributed by atoms with Crippen LogP contribution < -0.4 is 9.83 Å². The number of nitrogens with zero attached hydrogens (tertiary/aromatic N) is 1. The number of sulfonamides is 1. The number of nitro benzene ring substituents is 1. The lowest BCUT2D eigenvalue weighted by Gasteiger charge is -2.15. The quantitative estimate of drug-likeness (QED) is 0.664. The van der Waals surface area contributed by atoms with Gasteiger partial charge in [-0.25, -0.2) is 8.42 Å². The molecule has 0 spiro atoms. The van der Waals surface area contributed by atoms with Crippen LogP contribution in [0.15, 0.2) is 41.3 Å². The standard InChI is InChI=1S/C12H8Cl2N2O5S/c13-9-3-2-8(6-10(9)14)22(20,21)15-11-5-7(16(18)19)1-4-12(11)17/h1-6,15,17H/p-1. The molecule has 0 fully saturated rings. The van der Waals surface area contributed by atoms with E-state index < -0.39 is 32.1 Å². The van der Waals surface area contributed by atoms with Crippen molar-refractivity contribution in [3.63, 3.8) is 0 Å². The van der Waals surface area contributed by atoms with Crippen molar-refractivity contribution in [3.05, 3.63) is 56.6 Å². The molecule has 0 radical (unpaired) electrons. The van der Waals surface area contributed by atoms with Crippen LogP contribution in [0.2, 0.25) is 10.0 Å². The first-order valence-electron chi connectivity index (χ1n) is 5.64. The lowest BCUT2D eigenvalue weighted by Crippen LogP contribution is -2.14. The van der Waals surface area contributed by atoms with Gasteiger partial charge in [0.25, 0.3) is 15.7 Å². The Morgan fingerprint density at radius 3 is 2.32 bits per heavy atom. The number of halogens is 2. The molecule has 0 aliphatic carbocycles. The molecule has 0 heterocycles. The van der Waals surface area contributed by atoms with Crippen LogP contribution in [0.3, 0.4) is 0 Å². The second kappa shape index (κ2) is 5.99. The van der Waals surface area contributed by atoms with Crippen molar-refractivity contribution >= 4 is 44.6 Å².